The molecule has 0 aliphatic heterocycles. The van der Waals surface area contributed by atoms with Crippen LogP contribution in [0.1, 0.15) is 25.7 Å². The van der Waals surface area contributed by atoms with Crippen LogP contribution >= 0.6 is 0 Å². The molecule has 0 saturated heterocycles. The summed E-state index contributed by atoms with van der Waals surface area (Å²) in [6.45, 7) is 0. The van der Waals surface area contributed by atoms with E-state index in [-0.39, 0.29) is 6.10 Å². The average Bonchev–Trinajstić information content (AvgIpc) is 2.29. The molecule has 1 saturated carbocycles. The molecule has 0 amide bonds. The summed E-state index contributed by atoms with van der Waals surface area (Å²) in [6, 6.07) is 0. The van der Waals surface area contributed by atoms with Gasteiger partial charge < -0.3 is 10.0 Å². The summed E-state index contributed by atoms with van der Waals surface area (Å²) in [5.74, 6) is 0.773. The smallest absolute Gasteiger partial charge is 0.0967 e. The molecule has 1 fully saturated rings. The Hall–Kier alpha value is -0.380. The molecule has 2 rings (SSSR count). The van der Waals surface area contributed by atoms with Crippen molar-refractivity contribution in [3.63, 3.8) is 0 Å². The number of fused-ring (bicyclic) bond motifs is 2. The zero-order valence-electron chi connectivity index (χ0n) is 7.32. The molecular weight excluding hydrogens is 154 g/mol. The highest BCUT2D eigenvalue weighted by molar-refractivity contribution is 5.15. The van der Waals surface area contributed by atoms with Crippen molar-refractivity contribution in [1.82, 2.24) is 5.23 Å². The second kappa shape index (κ2) is 3.17. The van der Waals surface area contributed by atoms with Crippen LogP contribution in [0.4, 0.5) is 0 Å². The fourth-order valence-corrected chi connectivity index (χ4v) is 2.24. The third-order valence-corrected chi connectivity index (χ3v) is 2.70. The topological polar surface area (TPSA) is 35.5 Å². The largest absolute Gasteiger partial charge is 0.762 e. The number of hydrogen-bond donors (Lipinski definition) is 0. The summed E-state index contributed by atoms with van der Waals surface area (Å²) in [5, 5.41) is 11.2. The fourth-order valence-electron chi connectivity index (χ4n) is 2.24. The lowest BCUT2D eigenvalue weighted by atomic mass is 9.94. The molecule has 2 atom stereocenters. The average molecular weight is 168 g/mol. The van der Waals surface area contributed by atoms with E-state index >= 15 is 0 Å². The van der Waals surface area contributed by atoms with Crippen LogP contribution in [0.25, 0.3) is 0 Å². The van der Waals surface area contributed by atoms with Gasteiger partial charge in [-0.1, -0.05) is 11.6 Å². The van der Waals surface area contributed by atoms with E-state index in [2.05, 4.69) is 6.08 Å². The van der Waals surface area contributed by atoms with E-state index in [1.165, 1.54) is 31.9 Å². The molecule has 0 aromatic carbocycles. The highest BCUT2D eigenvalue weighted by Crippen LogP contribution is 2.38. The Kier molecular flexibility index (Phi) is 2.17. The van der Waals surface area contributed by atoms with Gasteiger partial charge in [-0.15, -0.1) is 0 Å². The predicted molar refractivity (Wildman–Crippen MR) is 46.0 cm³/mol. The quantitative estimate of drug-likeness (QED) is 0.466. The van der Waals surface area contributed by atoms with E-state index in [4.69, 9.17) is 4.84 Å². The summed E-state index contributed by atoms with van der Waals surface area (Å²) < 4.78 is 0. The van der Waals surface area contributed by atoms with Crippen LogP contribution in [0.15, 0.2) is 11.6 Å². The van der Waals surface area contributed by atoms with Crippen molar-refractivity contribution >= 4 is 0 Å². The molecule has 0 N–H and O–H groups in total. The molecule has 0 heterocycles. The maximum Gasteiger partial charge on any atom is 0.0967 e. The highest BCUT2D eigenvalue weighted by atomic mass is 16.9. The number of hydroxylamine groups is 2. The molecule has 0 aromatic rings. The van der Waals surface area contributed by atoms with Crippen LogP contribution in [-0.2, 0) is 4.84 Å². The SMILES string of the molecule is CN([O-])OC1C=C2CCC(C2)C1. The van der Waals surface area contributed by atoms with Gasteiger partial charge in [-0.2, -0.15) is 0 Å². The van der Waals surface area contributed by atoms with Gasteiger partial charge in [0.1, 0.15) is 0 Å². The lowest BCUT2D eigenvalue weighted by Gasteiger charge is -2.29. The predicted octanol–water partition coefficient (Wildman–Crippen LogP) is 1.85. The maximum atomic E-state index is 10.6. The lowest BCUT2D eigenvalue weighted by Crippen LogP contribution is -2.24. The van der Waals surface area contributed by atoms with Crippen molar-refractivity contribution in [2.75, 3.05) is 7.05 Å². The first-order chi connectivity index (χ1) is 5.74. The monoisotopic (exact) mass is 168 g/mol. The van der Waals surface area contributed by atoms with E-state index in [1.807, 2.05) is 0 Å². The molecule has 3 heteroatoms. The van der Waals surface area contributed by atoms with Crippen LogP contribution in [-0.4, -0.2) is 18.4 Å². The van der Waals surface area contributed by atoms with Gasteiger partial charge in [-0.05, 0) is 38.6 Å². The lowest BCUT2D eigenvalue weighted by molar-refractivity contribution is -0.137. The van der Waals surface area contributed by atoms with Gasteiger partial charge in [0, 0.05) is 0 Å². The molecular formula is C9H14NO2-. The van der Waals surface area contributed by atoms with Gasteiger partial charge in [0.25, 0.3) is 0 Å². The third-order valence-electron chi connectivity index (χ3n) is 2.70. The van der Waals surface area contributed by atoms with Crippen molar-refractivity contribution in [2.24, 2.45) is 5.92 Å². The standard InChI is InChI=1S/C9H14NO2/c1-10(11)12-9-5-7-2-3-8(4-7)6-9/h5,8-9H,2-4,6H2,1H3/q-1. The first-order valence-electron chi connectivity index (χ1n) is 4.51. The van der Waals surface area contributed by atoms with E-state index in [9.17, 15) is 5.21 Å². The summed E-state index contributed by atoms with van der Waals surface area (Å²) in [6.07, 6.45) is 6.93. The molecule has 3 nitrogen and oxygen atoms in total. The van der Waals surface area contributed by atoms with E-state index < -0.39 is 0 Å². The Bertz CT molecular complexity index is 201. The zero-order valence-corrected chi connectivity index (χ0v) is 7.32. The highest BCUT2D eigenvalue weighted by Gasteiger charge is 2.28. The Morgan fingerprint density at radius 2 is 2.50 bits per heavy atom. The molecule has 68 valence electrons. The normalized spacial score (nSPS) is 34.1. The minimum atomic E-state index is 0.0451. The van der Waals surface area contributed by atoms with Crippen LogP contribution in [0.3, 0.4) is 0 Å². The molecule has 0 spiro atoms. The molecule has 12 heavy (non-hydrogen) atoms. The Balaban J connectivity index is 1.97. The summed E-state index contributed by atoms with van der Waals surface area (Å²) in [5.41, 5.74) is 1.48. The van der Waals surface area contributed by atoms with Gasteiger partial charge >= 0.3 is 0 Å². The minimum Gasteiger partial charge on any atom is -0.762 e. The molecule has 0 radical (unpaired) electrons. The van der Waals surface area contributed by atoms with E-state index in [1.54, 1.807) is 0 Å². The van der Waals surface area contributed by atoms with Crippen molar-refractivity contribution < 1.29 is 4.84 Å². The number of allylic oxidation sites excluding steroid dienone is 1. The Morgan fingerprint density at radius 3 is 3.17 bits per heavy atom. The molecule has 2 aliphatic carbocycles. The van der Waals surface area contributed by atoms with E-state index in [0.717, 1.165) is 12.3 Å². The van der Waals surface area contributed by atoms with Gasteiger partial charge in [0.05, 0.1) is 6.10 Å². The van der Waals surface area contributed by atoms with Crippen molar-refractivity contribution in [3.05, 3.63) is 16.9 Å². The third kappa shape index (κ3) is 1.68. The summed E-state index contributed by atoms with van der Waals surface area (Å²) >= 11 is 0. The van der Waals surface area contributed by atoms with Gasteiger partial charge in [-0.3, -0.25) is 5.23 Å². The van der Waals surface area contributed by atoms with Crippen molar-refractivity contribution in [2.45, 2.75) is 31.8 Å². The maximum absolute atomic E-state index is 10.6. The van der Waals surface area contributed by atoms with Crippen LogP contribution in [0.2, 0.25) is 0 Å². The van der Waals surface area contributed by atoms with E-state index in [0.29, 0.717) is 5.23 Å². The first kappa shape index (κ1) is 8.23. The van der Waals surface area contributed by atoms with Gasteiger partial charge in [0.15, 0.2) is 0 Å². The number of rotatable bonds is 2. The van der Waals surface area contributed by atoms with Crippen molar-refractivity contribution in [3.8, 4) is 0 Å². The van der Waals surface area contributed by atoms with Gasteiger partial charge in [-0.25, -0.2) is 0 Å². The Labute approximate surface area is 72.5 Å². The number of nitrogens with zero attached hydrogens (tertiary/aromatic N) is 1. The van der Waals surface area contributed by atoms with Crippen LogP contribution < -0.4 is 0 Å². The Morgan fingerprint density at radius 1 is 1.67 bits per heavy atom. The molecule has 2 bridgehead atoms. The molecule has 2 unspecified atom stereocenters. The molecule has 0 aromatic heterocycles. The fraction of sp³-hybridized carbons (Fsp3) is 0.778. The zero-order chi connectivity index (χ0) is 8.55. The molecule has 2 aliphatic rings. The second-order valence-electron chi connectivity index (χ2n) is 3.75. The van der Waals surface area contributed by atoms with Crippen LogP contribution in [0, 0.1) is 11.1 Å². The summed E-state index contributed by atoms with van der Waals surface area (Å²) in [7, 11) is 1.40. The van der Waals surface area contributed by atoms with Gasteiger partial charge in [0.2, 0.25) is 0 Å². The van der Waals surface area contributed by atoms with Crippen LogP contribution in [0.5, 0.6) is 0 Å². The number of hydrogen-bond acceptors (Lipinski definition) is 3. The minimum absolute atomic E-state index is 0.0451. The summed E-state index contributed by atoms with van der Waals surface area (Å²) in [4.78, 5) is 5.07. The second-order valence-corrected chi connectivity index (χ2v) is 3.75. The van der Waals surface area contributed by atoms with Crippen molar-refractivity contribution in [1.29, 1.82) is 0 Å². The first-order valence-corrected chi connectivity index (χ1v) is 4.51.